The molecule has 2 atom stereocenters. The Balaban J connectivity index is 2.30. The van der Waals surface area contributed by atoms with E-state index in [1.165, 1.54) is 0 Å². The van der Waals surface area contributed by atoms with Crippen molar-refractivity contribution in [3.63, 3.8) is 0 Å². The average molecular weight is 222 g/mol. The number of likely N-dealkylation sites (tertiary alicyclic amines) is 1. The Morgan fingerprint density at radius 1 is 1.56 bits per heavy atom. The van der Waals surface area contributed by atoms with E-state index >= 15 is 0 Å². The Kier molecular flexibility index (Phi) is 3.01. The van der Waals surface area contributed by atoms with E-state index in [4.69, 9.17) is 10.2 Å². The van der Waals surface area contributed by atoms with Crippen LogP contribution in [0.5, 0.6) is 0 Å². The number of hydrogen-bond donors (Lipinski definition) is 1. The number of carbonyl (C=O) groups excluding carboxylic acids is 1. The molecule has 0 spiro atoms. The Hall–Kier alpha value is -1.29. The van der Waals surface area contributed by atoms with Gasteiger partial charge in [0.2, 0.25) is 5.91 Å². The van der Waals surface area contributed by atoms with E-state index < -0.39 is 0 Å². The first-order valence-corrected chi connectivity index (χ1v) is 5.75. The molecule has 1 aliphatic heterocycles. The van der Waals surface area contributed by atoms with Crippen LogP contribution in [-0.2, 0) is 4.79 Å². The van der Waals surface area contributed by atoms with E-state index in [-0.39, 0.29) is 18.0 Å². The van der Waals surface area contributed by atoms with E-state index in [0.29, 0.717) is 13.0 Å². The molecule has 1 aromatic rings. The molecule has 2 heterocycles. The Labute approximate surface area is 95.4 Å². The van der Waals surface area contributed by atoms with Crippen LogP contribution in [0.1, 0.15) is 37.3 Å². The summed E-state index contributed by atoms with van der Waals surface area (Å²) in [7, 11) is 0. The van der Waals surface area contributed by atoms with Gasteiger partial charge >= 0.3 is 0 Å². The maximum Gasteiger partial charge on any atom is 0.223 e. The zero-order chi connectivity index (χ0) is 11.7. The molecular weight excluding hydrogens is 204 g/mol. The molecule has 1 aromatic heterocycles. The van der Waals surface area contributed by atoms with Gasteiger partial charge in [0.1, 0.15) is 17.6 Å². The van der Waals surface area contributed by atoms with E-state index in [2.05, 4.69) is 0 Å². The van der Waals surface area contributed by atoms with Gasteiger partial charge < -0.3 is 15.1 Å². The molecule has 1 fully saturated rings. The Bertz CT molecular complexity index is 386. The number of rotatable bonds is 2. The molecule has 1 saturated heterocycles. The molecule has 4 nitrogen and oxygen atoms in total. The number of nitrogens with zero attached hydrogens (tertiary/aromatic N) is 1. The van der Waals surface area contributed by atoms with E-state index in [1.807, 2.05) is 30.9 Å². The fourth-order valence-electron chi connectivity index (χ4n) is 2.33. The molecular formula is C12H18N2O2. The molecule has 4 heteroatoms. The van der Waals surface area contributed by atoms with Crippen molar-refractivity contribution in [2.45, 2.75) is 38.8 Å². The molecule has 0 saturated carbocycles. The lowest BCUT2D eigenvalue weighted by Gasteiger charge is -2.37. The SMILES string of the molecule is CCN1C(=O)CCC(N)C1c1ccc(C)o1. The molecule has 16 heavy (non-hydrogen) atoms. The lowest BCUT2D eigenvalue weighted by atomic mass is 9.94. The van der Waals surface area contributed by atoms with Crippen molar-refractivity contribution >= 4 is 5.91 Å². The summed E-state index contributed by atoms with van der Waals surface area (Å²) in [6.45, 7) is 4.55. The predicted molar refractivity (Wildman–Crippen MR) is 60.8 cm³/mol. The topological polar surface area (TPSA) is 59.5 Å². The van der Waals surface area contributed by atoms with Gasteiger partial charge in [0.05, 0.1) is 0 Å². The second-order valence-electron chi connectivity index (χ2n) is 4.28. The van der Waals surface area contributed by atoms with Gasteiger partial charge in [-0.3, -0.25) is 4.79 Å². The number of amides is 1. The number of piperidine rings is 1. The van der Waals surface area contributed by atoms with Crippen molar-refractivity contribution in [3.05, 3.63) is 23.7 Å². The largest absolute Gasteiger partial charge is 0.464 e. The van der Waals surface area contributed by atoms with Crippen molar-refractivity contribution in [3.8, 4) is 0 Å². The number of nitrogens with two attached hydrogens (primary N) is 1. The second-order valence-corrected chi connectivity index (χ2v) is 4.28. The lowest BCUT2D eigenvalue weighted by Crippen LogP contribution is -2.48. The first-order valence-electron chi connectivity index (χ1n) is 5.75. The van der Waals surface area contributed by atoms with Crippen LogP contribution in [-0.4, -0.2) is 23.4 Å². The molecule has 1 amide bonds. The van der Waals surface area contributed by atoms with Gasteiger partial charge in [0.15, 0.2) is 0 Å². The molecule has 2 N–H and O–H groups in total. The smallest absolute Gasteiger partial charge is 0.223 e. The summed E-state index contributed by atoms with van der Waals surface area (Å²) in [5.41, 5.74) is 6.09. The standard InChI is InChI=1S/C12H18N2O2/c1-3-14-11(15)7-5-9(13)12(14)10-6-4-8(2)16-10/h4,6,9,12H,3,5,7,13H2,1-2H3. The van der Waals surface area contributed by atoms with Crippen molar-refractivity contribution in [2.24, 2.45) is 5.73 Å². The number of carbonyl (C=O) groups is 1. The van der Waals surface area contributed by atoms with Gasteiger partial charge in [-0.05, 0) is 32.4 Å². The Morgan fingerprint density at radius 3 is 2.88 bits per heavy atom. The summed E-state index contributed by atoms with van der Waals surface area (Å²) in [6, 6.07) is 3.71. The fraction of sp³-hybridized carbons (Fsp3) is 0.583. The molecule has 0 radical (unpaired) electrons. The second kappa shape index (κ2) is 4.29. The third-order valence-electron chi connectivity index (χ3n) is 3.15. The van der Waals surface area contributed by atoms with Crippen molar-refractivity contribution < 1.29 is 9.21 Å². The minimum absolute atomic E-state index is 0.0248. The van der Waals surface area contributed by atoms with Crippen molar-refractivity contribution in [1.82, 2.24) is 4.90 Å². The molecule has 1 aliphatic rings. The van der Waals surface area contributed by atoms with Crippen LogP contribution in [0, 0.1) is 6.92 Å². The highest BCUT2D eigenvalue weighted by Gasteiger charge is 2.35. The maximum atomic E-state index is 11.8. The highest BCUT2D eigenvalue weighted by Crippen LogP contribution is 2.31. The zero-order valence-corrected chi connectivity index (χ0v) is 9.77. The first kappa shape index (κ1) is 11.2. The van der Waals surface area contributed by atoms with E-state index in [0.717, 1.165) is 17.9 Å². The average Bonchev–Trinajstić information content (AvgIpc) is 2.67. The molecule has 0 aliphatic carbocycles. The van der Waals surface area contributed by atoms with Crippen LogP contribution in [0.25, 0.3) is 0 Å². The third-order valence-corrected chi connectivity index (χ3v) is 3.15. The van der Waals surface area contributed by atoms with E-state index in [1.54, 1.807) is 0 Å². The summed E-state index contributed by atoms with van der Waals surface area (Å²) < 4.78 is 5.60. The number of likely N-dealkylation sites (N-methyl/N-ethyl adjacent to an activating group) is 1. The van der Waals surface area contributed by atoms with Gasteiger partial charge in [-0.15, -0.1) is 0 Å². The number of aryl methyl sites for hydroxylation is 1. The summed E-state index contributed by atoms with van der Waals surface area (Å²) in [6.07, 6.45) is 1.28. The summed E-state index contributed by atoms with van der Waals surface area (Å²) in [4.78, 5) is 13.6. The van der Waals surface area contributed by atoms with Gasteiger partial charge in [0.25, 0.3) is 0 Å². The van der Waals surface area contributed by atoms with Gasteiger partial charge in [0, 0.05) is 19.0 Å². The summed E-state index contributed by atoms with van der Waals surface area (Å²) >= 11 is 0. The zero-order valence-electron chi connectivity index (χ0n) is 9.77. The van der Waals surface area contributed by atoms with Crippen LogP contribution < -0.4 is 5.73 Å². The maximum absolute atomic E-state index is 11.8. The molecule has 2 unspecified atom stereocenters. The quantitative estimate of drug-likeness (QED) is 0.826. The van der Waals surface area contributed by atoms with Crippen molar-refractivity contribution in [1.29, 1.82) is 0 Å². The fourth-order valence-corrected chi connectivity index (χ4v) is 2.33. The minimum atomic E-state index is -0.0973. The molecule has 2 rings (SSSR count). The van der Waals surface area contributed by atoms with Crippen LogP contribution in [0.4, 0.5) is 0 Å². The Morgan fingerprint density at radius 2 is 2.31 bits per heavy atom. The van der Waals surface area contributed by atoms with E-state index in [9.17, 15) is 4.79 Å². The molecule has 88 valence electrons. The summed E-state index contributed by atoms with van der Waals surface area (Å²) in [5.74, 6) is 1.83. The third kappa shape index (κ3) is 1.85. The minimum Gasteiger partial charge on any atom is -0.464 e. The molecule has 0 bridgehead atoms. The first-order chi connectivity index (χ1) is 7.63. The monoisotopic (exact) mass is 222 g/mol. The van der Waals surface area contributed by atoms with Crippen molar-refractivity contribution in [2.75, 3.05) is 6.54 Å². The highest BCUT2D eigenvalue weighted by atomic mass is 16.3. The van der Waals surface area contributed by atoms with Gasteiger partial charge in [-0.2, -0.15) is 0 Å². The van der Waals surface area contributed by atoms with Crippen LogP contribution in [0.2, 0.25) is 0 Å². The van der Waals surface area contributed by atoms with Crippen LogP contribution in [0.15, 0.2) is 16.5 Å². The van der Waals surface area contributed by atoms with Crippen LogP contribution >= 0.6 is 0 Å². The summed E-state index contributed by atoms with van der Waals surface area (Å²) in [5, 5.41) is 0. The van der Waals surface area contributed by atoms with Crippen LogP contribution in [0.3, 0.4) is 0 Å². The van der Waals surface area contributed by atoms with Gasteiger partial charge in [-0.1, -0.05) is 0 Å². The normalized spacial score (nSPS) is 26.2. The highest BCUT2D eigenvalue weighted by molar-refractivity contribution is 5.77. The number of hydrogen-bond acceptors (Lipinski definition) is 3. The van der Waals surface area contributed by atoms with Gasteiger partial charge in [-0.25, -0.2) is 0 Å². The lowest BCUT2D eigenvalue weighted by molar-refractivity contribution is -0.137. The molecule has 0 aromatic carbocycles. The predicted octanol–water partition coefficient (Wildman–Crippen LogP) is 1.60. The number of furan rings is 1.